The van der Waals surface area contributed by atoms with Gasteiger partial charge in [0, 0.05) is 17.8 Å². The van der Waals surface area contributed by atoms with Crippen LogP contribution in [0, 0.1) is 0 Å². The van der Waals surface area contributed by atoms with Crippen molar-refractivity contribution in [1.82, 2.24) is 15.0 Å². The highest BCUT2D eigenvalue weighted by Gasteiger charge is 2.41. The summed E-state index contributed by atoms with van der Waals surface area (Å²) in [6, 6.07) is 0.384. The van der Waals surface area contributed by atoms with Crippen LogP contribution in [0.4, 0.5) is 11.9 Å². The molecule has 0 bridgehead atoms. The third-order valence-corrected chi connectivity index (χ3v) is 4.61. The minimum Gasteiger partial charge on any atom is -0.463 e. The molecule has 1 aliphatic carbocycles. The zero-order valence-corrected chi connectivity index (χ0v) is 13.2. The van der Waals surface area contributed by atoms with E-state index in [2.05, 4.69) is 38.8 Å². The molecule has 0 spiro atoms. The molecular weight excluding hydrogens is 274 g/mol. The van der Waals surface area contributed by atoms with Crippen LogP contribution in [-0.2, 0) is 0 Å². The number of rotatable bonds is 9. The zero-order valence-electron chi connectivity index (χ0n) is 12.4. The molecule has 1 aromatic rings. The lowest BCUT2D eigenvalue weighted by Gasteiger charge is -2.14. The van der Waals surface area contributed by atoms with Crippen LogP contribution in [0.1, 0.15) is 33.1 Å². The number of anilines is 2. The van der Waals surface area contributed by atoms with Crippen molar-refractivity contribution in [3.8, 4) is 6.01 Å². The Labute approximate surface area is 124 Å². The quantitative estimate of drug-likeness (QED) is 0.725. The summed E-state index contributed by atoms with van der Waals surface area (Å²) in [7, 11) is 0. The van der Waals surface area contributed by atoms with Crippen molar-refractivity contribution in [2.75, 3.05) is 36.6 Å². The summed E-state index contributed by atoms with van der Waals surface area (Å²) < 4.78 is 5.88. The maximum absolute atomic E-state index is 5.51. The molecule has 0 radical (unpaired) electrons. The van der Waals surface area contributed by atoms with Gasteiger partial charge in [-0.15, -0.1) is 0 Å². The monoisotopic (exact) mass is 297 g/mol. The molecule has 2 N–H and O–H groups in total. The Balaban J connectivity index is 2.03. The van der Waals surface area contributed by atoms with E-state index in [0.29, 0.717) is 29.3 Å². The topological polar surface area (TPSA) is 72.0 Å². The highest BCUT2D eigenvalue weighted by molar-refractivity contribution is 8.00. The van der Waals surface area contributed by atoms with E-state index in [1.165, 1.54) is 12.8 Å². The van der Waals surface area contributed by atoms with Gasteiger partial charge >= 0.3 is 6.01 Å². The molecule has 0 saturated heterocycles. The summed E-state index contributed by atoms with van der Waals surface area (Å²) in [5, 5.41) is 6.41. The largest absolute Gasteiger partial charge is 0.463 e. The molecule has 0 atom stereocenters. The lowest BCUT2D eigenvalue weighted by atomic mass is 10.4. The molecule has 112 valence electrons. The maximum Gasteiger partial charge on any atom is 0.323 e. The summed E-state index contributed by atoms with van der Waals surface area (Å²) >= 11 is 1.91. The van der Waals surface area contributed by atoms with Crippen LogP contribution in [0.3, 0.4) is 0 Å². The molecule has 1 saturated carbocycles. The van der Waals surface area contributed by atoms with Gasteiger partial charge in [0.25, 0.3) is 0 Å². The standard InChI is InChI=1S/C13H23N5OS/c1-4-8-19-12-17-10(14-5-2)16-11(18-12)15-9-13(20-3)6-7-13/h4-9H2,1-3H3,(H2,14,15,16,17,18). The van der Waals surface area contributed by atoms with E-state index < -0.39 is 0 Å². The van der Waals surface area contributed by atoms with Gasteiger partial charge in [0.15, 0.2) is 0 Å². The Kier molecular flexibility index (Phi) is 5.28. The van der Waals surface area contributed by atoms with Gasteiger partial charge in [-0.05, 0) is 32.4 Å². The van der Waals surface area contributed by atoms with E-state index in [9.17, 15) is 0 Å². The minimum atomic E-state index is 0.370. The minimum absolute atomic E-state index is 0.370. The summed E-state index contributed by atoms with van der Waals surface area (Å²) in [6.45, 7) is 6.34. The van der Waals surface area contributed by atoms with Crippen LogP contribution in [0.5, 0.6) is 6.01 Å². The Morgan fingerprint density at radius 2 is 1.85 bits per heavy atom. The molecule has 1 aliphatic rings. The Morgan fingerprint density at radius 3 is 2.40 bits per heavy atom. The molecule has 2 rings (SSSR count). The van der Waals surface area contributed by atoms with Gasteiger partial charge in [-0.1, -0.05) is 6.92 Å². The molecule has 6 nitrogen and oxygen atoms in total. The lowest BCUT2D eigenvalue weighted by molar-refractivity contribution is 0.292. The zero-order chi connectivity index (χ0) is 14.4. The smallest absolute Gasteiger partial charge is 0.323 e. The van der Waals surface area contributed by atoms with Crippen LogP contribution >= 0.6 is 11.8 Å². The molecule has 7 heteroatoms. The third kappa shape index (κ3) is 4.13. The van der Waals surface area contributed by atoms with Crippen molar-refractivity contribution in [3.05, 3.63) is 0 Å². The van der Waals surface area contributed by atoms with Gasteiger partial charge in [0.2, 0.25) is 11.9 Å². The van der Waals surface area contributed by atoms with Crippen LogP contribution in [-0.4, -0.2) is 45.7 Å². The van der Waals surface area contributed by atoms with Crippen LogP contribution < -0.4 is 15.4 Å². The lowest BCUT2D eigenvalue weighted by Crippen LogP contribution is -2.20. The van der Waals surface area contributed by atoms with Crippen LogP contribution in [0.2, 0.25) is 0 Å². The number of nitrogens with one attached hydrogen (secondary N) is 2. The first-order valence-corrected chi connectivity index (χ1v) is 8.35. The Bertz CT molecular complexity index is 439. The fourth-order valence-electron chi connectivity index (χ4n) is 1.76. The second-order valence-corrected chi connectivity index (χ2v) is 6.16. The molecule has 0 amide bonds. The van der Waals surface area contributed by atoms with Crippen molar-refractivity contribution in [3.63, 3.8) is 0 Å². The third-order valence-electron chi connectivity index (χ3n) is 3.19. The first-order chi connectivity index (χ1) is 9.71. The highest BCUT2D eigenvalue weighted by Crippen LogP contribution is 2.46. The fraction of sp³-hybridized carbons (Fsp3) is 0.769. The van der Waals surface area contributed by atoms with Crippen molar-refractivity contribution < 1.29 is 4.74 Å². The van der Waals surface area contributed by atoms with Crippen molar-refractivity contribution in [1.29, 1.82) is 0 Å². The first-order valence-electron chi connectivity index (χ1n) is 7.13. The number of nitrogens with zero attached hydrogens (tertiary/aromatic N) is 3. The van der Waals surface area contributed by atoms with Crippen molar-refractivity contribution >= 4 is 23.7 Å². The average Bonchev–Trinajstić information content (AvgIpc) is 3.24. The molecule has 1 fully saturated rings. The number of thioether (sulfide) groups is 1. The van der Waals surface area contributed by atoms with E-state index in [1.54, 1.807) is 0 Å². The van der Waals surface area contributed by atoms with Crippen LogP contribution in [0.25, 0.3) is 0 Å². The first kappa shape index (κ1) is 15.2. The molecule has 0 unspecified atom stereocenters. The predicted octanol–water partition coefficient (Wildman–Crippen LogP) is 2.40. The SMILES string of the molecule is CCCOc1nc(NCC)nc(NCC2(SC)CC2)n1. The van der Waals surface area contributed by atoms with E-state index in [0.717, 1.165) is 19.5 Å². The van der Waals surface area contributed by atoms with E-state index in [-0.39, 0.29) is 0 Å². The van der Waals surface area contributed by atoms with Gasteiger partial charge in [0.1, 0.15) is 0 Å². The highest BCUT2D eigenvalue weighted by atomic mass is 32.2. The van der Waals surface area contributed by atoms with Gasteiger partial charge in [-0.25, -0.2) is 0 Å². The molecule has 1 aromatic heterocycles. The number of aromatic nitrogens is 3. The summed E-state index contributed by atoms with van der Waals surface area (Å²) in [5.41, 5.74) is 0. The summed E-state index contributed by atoms with van der Waals surface area (Å²) in [6.07, 6.45) is 5.60. The number of hydrogen-bond acceptors (Lipinski definition) is 7. The van der Waals surface area contributed by atoms with Crippen molar-refractivity contribution in [2.24, 2.45) is 0 Å². The molecule has 1 heterocycles. The van der Waals surface area contributed by atoms with E-state index >= 15 is 0 Å². The van der Waals surface area contributed by atoms with Crippen LogP contribution in [0.15, 0.2) is 0 Å². The molecular formula is C13H23N5OS. The van der Waals surface area contributed by atoms with Gasteiger partial charge < -0.3 is 15.4 Å². The molecule has 0 aliphatic heterocycles. The van der Waals surface area contributed by atoms with Gasteiger partial charge in [0.05, 0.1) is 6.61 Å². The van der Waals surface area contributed by atoms with Gasteiger partial charge in [-0.2, -0.15) is 26.7 Å². The second-order valence-electron chi connectivity index (χ2n) is 4.88. The average molecular weight is 297 g/mol. The second kappa shape index (κ2) is 6.97. The van der Waals surface area contributed by atoms with Gasteiger partial charge in [-0.3, -0.25) is 0 Å². The van der Waals surface area contributed by atoms with E-state index in [1.807, 2.05) is 18.7 Å². The summed E-state index contributed by atoms with van der Waals surface area (Å²) in [4.78, 5) is 12.9. The normalized spacial score (nSPS) is 15.8. The van der Waals surface area contributed by atoms with Crippen molar-refractivity contribution in [2.45, 2.75) is 37.9 Å². The fourth-order valence-corrected chi connectivity index (χ4v) is 2.49. The van der Waals surface area contributed by atoms with E-state index in [4.69, 9.17) is 4.74 Å². The summed E-state index contributed by atoms with van der Waals surface area (Å²) in [5.74, 6) is 1.15. The Morgan fingerprint density at radius 1 is 1.15 bits per heavy atom. The molecule has 0 aromatic carbocycles. The maximum atomic E-state index is 5.51. The number of ether oxygens (including phenoxy) is 1. The Hall–Kier alpha value is -1.24. The number of hydrogen-bond donors (Lipinski definition) is 2. The molecule has 20 heavy (non-hydrogen) atoms. The predicted molar refractivity (Wildman–Crippen MR) is 83.7 cm³/mol.